The zero-order valence-electron chi connectivity index (χ0n) is 10.5. The fourth-order valence-corrected chi connectivity index (χ4v) is 1.18. The summed E-state index contributed by atoms with van der Waals surface area (Å²) >= 11 is 0. The average Bonchev–Trinajstić information content (AvgIpc) is 2.30. The van der Waals surface area contributed by atoms with Crippen LogP contribution in [-0.4, -0.2) is 50.9 Å². The molecular formula is C11H22N4O. The summed E-state index contributed by atoms with van der Waals surface area (Å²) in [5.74, 6) is 0.757. The number of likely N-dealkylation sites (N-methyl/N-ethyl adjacent to an activating group) is 1. The van der Waals surface area contributed by atoms with Crippen molar-refractivity contribution < 1.29 is 4.74 Å². The largest absolute Gasteiger partial charge is 0.394 e. The fourth-order valence-electron chi connectivity index (χ4n) is 1.18. The number of rotatable bonds is 7. The van der Waals surface area contributed by atoms with Gasteiger partial charge in [0.25, 0.3) is 0 Å². The number of hydrogen-bond donors (Lipinski definition) is 2. The molecule has 1 atom stereocenters. The molecule has 92 valence electrons. The summed E-state index contributed by atoms with van der Waals surface area (Å²) in [6.45, 7) is 2.82. The molecule has 0 aliphatic heterocycles. The molecule has 0 bridgehead atoms. The van der Waals surface area contributed by atoms with Crippen molar-refractivity contribution in [2.45, 2.75) is 19.4 Å². The lowest BCUT2D eigenvalue weighted by Crippen LogP contribution is -2.35. The number of amidine groups is 1. The van der Waals surface area contributed by atoms with Crippen molar-refractivity contribution in [2.24, 2.45) is 4.99 Å². The third-order valence-corrected chi connectivity index (χ3v) is 2.36. The molecule has 0 rings (SSSR count). The Balaban J connectivity index is 4.47. The van der Waals surface area contributed by atoms with Crippen LogP contribution in [0.1, 0.15) is 13.3 Å². The molecule has 16 heavy (non-hydrogen) atoms. The van der Waals surface area contributed by atoms with E-state index in [-0.39, 0.29) is 0 Å². The molecule has 0 amide bonds. The van der Waals surface area contributed by atoms with E-state index in [9.17, 15) is 0 Å². The maximum absolute atomic E-state index is 7.02. The molecule has 2 N–H and O–H groups in total. The van der Waals surface area contributed by atoms with E-state index in [4.69, 9.17) is 10.1 Å². The van der Waals surface area contributed by atoms with Gasteiger partial charge in [-0.05, 0) is 25.6 Å². The van der Waals surface area contributed by atoms with E-state index in [2.05, 4.69) is 17.2 Å². The van der Waals surface area contributed by atoms with Crippen molar-refractivity contribution in [3.63, 3.8) is 0 Å². The Morgan fingerprint density at radius 1 is 1.62 bits per heavy atom. The highest BCUT2D eigenvalue weighted by Gasteiger charge is 2.11. The average molecular weight is 226 g/mol. The third-order valence-electron chi connectivity index (χ3n) is 2.36. The van der Waals surface area contributed by atoms with E-state index in [0.717, 1.165) is 25.2 Å². The Hall–Kier alpha value is -1.36. The molecule has 0 fully saturated rings. The van der Waals surface area contributed by atoms with Crippen molar-refractivity contribution in [2.75, 3.05) is 27.8 Å². The van der Waals surface area contributed by atoms with Crippen molar-refractivity contribution in [1.82, 2.24) is 10.2 Å². The first-order valence-electron chi connectivity index (χ1n) is 5.29. The van der Waals surface area contributed by atoms with Gasteiger partial charge in [-0.25, -0.2) is 4.99 Å². The lowest BCUT2D eigenvalue weighted by molar-refractivity contribution is 0.173. The van der Waals surface area contributed by atoms with Crippen LogP contribution in [0, 0.1) is 5.41 Å². The van der Waals surface area contributed by atoms with Crippen LogP contribution in [0.25, 0.3) is 0 Å². The van der Waals surface area contributed by atoms with Crippen molar-refractivity contribution >= 4 is 12.2 Å². The zero-order chi connectivity index (χ0) is 12.4. The van der Waals surface area contributed by atoms with Gasteiger partial charge >= 0.3 is 0 Å². The van der Waals surface area contributed by atoms with Gasteiger partial charge in [0, 0.05) is 33.9 Å². The first-order chi connectivity index (χ1) is 7.67. The molecule has 0 aromatic rings. The Morgan fingerprint density at radius 3 is 2.81 bits per heavy atom. The van der Waals surface area contributed by atoms with E-state index < -0.39 is 0 Å². The van der Waals surface area contributed by atoms with Crippen LogP contribution in [0.2, 0.25) is 0 Å². The smallest absolute Gasteiger partial charge is 0.131 e. The van der Waals surface area contributed by atoms with Crippen LogP contribution in [0.3, 0.4) is 0 Å². The van der Waals surface area contributed by atoms with Gasteiger partial charge in [-0.1, -0.05) is 0 Å². The highest BCUT2D eigenvalue weighted by molar-refractivity contribution is 5.97. The van der Waals surface area contributed by atoms with Crippen molar-refractivity contribution in [1.29, 1.82) is 5.41 Å². The Morgan fingerprint density at radius 2 is 2.31 bits per heavy atom. The highest BCUT2D eigenvalue weighted by Crippen LogP contribution is 2.03. The lowest BCUT2D eigenvalue weighted by Gasteiger charge is -2.26. The Labute approximate surface area is 97.7 Å². The summed E-state index contributed by atoms with van der Waals surface area (Å²) in [6, 6.07) is 0.320. The summed E-state index contributed by atoms with van der Waals surface area (Å²) in [5, 5.41) is 9.93. The summed E-state index contributed by atoms with van der Waals surface area (Å²) in [5.41, 5.74) is 0. The monoisotopic (exact) mass is 226 g/mol. The molecular weight excluding hydrogens is 204 g/mol. The van der Waals surface area contributed by atoms with Crippen molar-refractivity contribution in [3.8, 4) is 0 Å². The summed E-state index contributed by atoms with van der Waals surface area (Å²) in [6.07, 6.45) is 5.61. The van der Waals surface area contributed by atoms with Gasteiger partial charge in [-0.2, -0.15) is 0 Å². The molecule has 5 heteroatoms. The normalized spacial score (nSPS) is 13.9. The van der Waals surface area contributed by atoms with Gasteiger partial charge < -0.3 is 15.0 Å². The van der Waals surface area contributed by atoms with E-state index in [1.165, 1.54) is 0 Å². The summed E-state index contributed by atoms with van der Waals surface area (Å²) in [4.78, 5) is 6.03. The molecule has 0 aromatic carbocycles. The van der Waals surface area contributed by atoms with Gasteiger partial charge in [-0.15, -0.1) is 0 Å². The van der Waals surface area contributed by atoms with Crippen LogP contribution in [0.5, 0.6) is 0 Å². The predicted octanol–water partition coefficient (Wildman–Crippen LogP) is 1.08. The second-order valence-electron chi connectivity index (χ2n) is 3.48. The Bertz CT molecular complexity index is 250. The molecule has 0 spiro atoms. The number of methoxy groups -OCH3 is 1. The van der Waals surface area contributed by atoms with Gasteiger partial charge in [0.15, 0.2) is 0 Å². The topological polar surface area (TPSA) is 60.7 Å². The van der Waals surface area contributed by atoms with Crippen LogP contribution in [0.15, 0.2) is 17.3 Å². The SMILES string of the molecule is CN/C=C/C(=N\C=N)N(C)C(C)CCOC. The first kappa shape index (κ1) is 14.6. The molecule has 0 aliphatic carbocycles. The molecule has 0 aromatic heterocycles. The molecule has 1 unspecified atom stereocenters. The minimum atomic E-state index is 0.320. The molecule has 0 aliphatic rings. The van der Waals surface area contributed by atoms with E-state index in [1.807, 2.05) is 25.1 Å². The molecule has 0 saturated carbocycles. The zero-order valence-corrected chi connectivity index (χ0v) is 10.5. The van der Waals surface area contributed by atoms with Gasteiger partial charge in [0.1, 0.15) is 12.2 Å². The lowest BCUT2D eigenvalue weighted by atomic mass is 10.2. The van der Waals surface area contributed by atoms with Crippen LogP contribution < -0.4 is 5.32 Å². The van der Waals surface area contributed by atoms with Crippen molar-refractivity contribution in [3.05, 3.63) is 12.3 Å². The summed E-state index contributed by atoms with van der Waals surface area (Å²) < 4.78 is 5.04. The third kappa shape index (κ3) is 5.50. The minimum Gasteiger partial charge on any atom is -0.394 e. The molecule has 0 heterocycles. The fraction of sp³-hybridized carbons (Fsp3) is 0.636. The van der Waals surface area contributed by atoms with E-state index in [0.29, 0.717) is 6.04 Å². The molecule has 0 saturated heterocycles. The van der Waals surface area contributed by atoms with Crippen LogP contribution in [-0.2, 0) is 4.74 Å². The number of aliphatic imine (C=N–C) groups is 1. The standard InChI is InChI=1S/C11H22N4O/c1-10(6-8-16-4)15(3)11(14-9-12)5-7-13-2/h5,7,9-10,12-13H,6,8H2,1-4H3/b7-5+,12-9?,14-11+. The Kier molecular flexibility index (Phi) is 8.15. The number of nitrogens with zero attached hydrogens (tertiary/aromatic N) is 2. The number of hydrogen-bond acceptors (Lipinski definition) is 3. The first-order valence-corrected chi connectivity index (χ1v) is 5.29. The number of nitrogens with one attached hydrogen (secondary N) is 2. The van der Waals surface area contributed by atoms with Crippen LogP contribution in [0.4, 0.5) is 0 Å². The van der Waals surface area contributed by atoms with E-state index in [1.54, 1.807) is 13.3 Å². The highest BCUT2D eigenvalue weighted by atomic mass is 16.5. The number of ether oxygens (including phenoxy) is 1. The maximum Gasteiger partial charge on any atom is 0.131 e. The minimum absolute atomic E-state index is 0.320. The maximum atomic E-state index is 7.02. The second kappa shape index (κ2) is 8.91. The predicted molar refractivity (Wildman–Crippen MR) is 68.1 cm³/mol. The van der Waals surface area contributed by atoms with Gasteiger partial charge in [-0.3, -0.25) is 5.41 Å². The quantitative estimate of drug-likeness (QED) is 0.504. The molecule has 0 radical (unpaired) electrons. The molecule has 5 nitrogen and oxygen atoms in total. The van der Waals surface area contributed by atoms with Crippen LogP contribution >= 0.6 is 0 Å². The van der Waals surface area contributed by atoms with Gasteiger partial charge in [0.2, 0.25) is 0 Å². The van der Waals surface area contributed by atoms with Gasteiger partial charge in [0.05, 0.1) is 0 Å². The van der Waals surface area contributed by atoms with E-state index >= 15 is 0 Å². The summed E-state index contributed by atoms with van der Waals surface area (Å²) in [7, 11) is 5.48. The second-order valence-corrected chi connectivity index (χ2v) is 3.48.